The molecule has 0 aliphatic rings. The number of ether oxygens (including phenoxy) is 1. The van der Waals surface area contributed by atoms with Gasteiger partial charge < -0.3 is 10.5 Å². The predicted octanol–water partition coefficient (Wildman–Crippen LogP) is 1.38. The van der Waals surface area contributed by atoms with E-state index < -0.39 is 17.8 Å². The lowest BCUT2D eigenvalue weighted by Crippen LogP contribution is -2.31. The molecule has 0 radical (unpaired) electrons. The minimum Gasteiger partial charge on any atom is -0.453 e. The molecule has 0 fully saturated rings. The number of halogens is 1. The van der Waals surface area contributed by atoms with Crippen LogP contribution in [0.15, 0.2) is 23.1 Å². The van der Waals surface area contributed by atoms with E-state index in [4.69, 9.17) is 5.73 Å². The SMILES string of the molecule is COC(=O)NC(=O)CSc1ccc(F)cc1N. The zero-order valence-corrected chi connectivity index (χ0v) is 9.84. The molecule has 0 unspecified atom stereocenters. The third kappa shape index (κ3) is 4.31. The van der Waals surface area contributed by atoms with Crippen LogP contribution in [0.3, 0.4) is 0 Å². The quantitative estimate of drug-likeness (QED) is 0.632. The van der Waals surface area contributed by atoms with Gasteiger partial charge in [0.15, 0.2) is 0 Å². The lowest BCUT2D eigenvalue weighted by atomic mass is 10.3. The number of hydrogen-bond acceptors (Lipinski definition) is 5. The number of amides is 2. The second kappa shape index (κ2) is 6.09. The van der Waals surface area contributed by atoms with Gasteiger partial charge in [-0.25, -0.2) is 9.18 Å². The molecule has 3 N–H and O–H groups in total. The van der Waals surface area contributed by atoms with Crippen molar-refractivity contribution in [2.24, 2.45) is 0 Å². The van der Waals surface area contributed by atoms with E-state index in [1.807, 2.05) is 5.32 Å². The smallest absolute Gasteiger partial charge is 0.413 e. The van der Waals surface area contributed by atoms with Crippen molar-refractivity contribution in [2.45, 2.75) is 4.90 Å². The largest absolute Gasteiger partial charge is 0.453 e. The maximum atomic E-state index is 12.7. The van der Waals surface area contributed by atoms with Crippen molar-refractivity contribution >= 4 is 29.4 Å². The van der Waals surface area contributed by atoms with Crippen LogP contribution in [0, 0.1) is 5.82 Å². The summed E-state index contributed by atoms with van der Waals surface area (Å²) in [6, 6.07) is 3.89. The number of anilines is 1. The van der Waals surface area contributed by atoms with Crippen LogP contribution >= 0.6 is 11.8 Å². The van der Waals surface area contributed by atoms with Crippen molar-refractivity contribution in [1.82, 2.24) is 5.32 Å². The van der Waals surface area contributed by atoms with E-state index in [1.54, 1.807) is 0 Å². The molecule has 0 heterocycles. The highest BCUT2D eigenvalue weighted by molar-refractivity contribution is 8.00. The van der Waals surface area contributed by atoms with Gasteiger partial charge in [0.25, 0.3) is 0 Å². The van der Waals surface area contributed by atoms with Crippen molar-refractivity contribution < 1.29 is 18.7 Å². The highest BCUT2D eigenvalue weighted by atomic mass is 32.2. The zero-order valence-electron chi connectivity index (χ0n) is 9.03. The van der Waals surface area contributed by atoms with E-state index >= 15 is 0 Å². The summed E-state index contributed by atoms with van der Waals surface area (Å²) in [5.74, 6) is -0.957. The third-order valence-corrected chi connectivity index (χ3v) is 2.85. The van der Waals surface area contributed by atoms with E-state index in [2.05, 4.69) is 4.74 Å². The molecule has 0 aliphatic heterocycles. The maximum Gasteiger partial charge on any atom is 0.413 e. The Bertz CT molecular complexity index is 440. The molecule has 1 rings (SSSR count). The minimum atomic E-state index is -0.817. The van der Waals surface area contributed by atoms with Crippen molar-refractivity contribution in [2.75, 3.05) is 18.6 Å². The Balaban J connectivity index is 2.50. The number of imide groups is 1. The molecular weight excluding hydrogens is 247 g/mol. The molecule has 0 aromatic heterocycles. The molecule has 0 saturated heterocycles. The summed E-state index contributed by atoms with van der Waals surface area (Å²) in [6.07, 6.45) is -0.817. The molecule has 0 saturated carbocycles. The van der Waals surface area contributed by atoms with Gasteiger partial charge in [0, 0.05) is 10.6 Å². The van der Waals surface area contributed by atoms with Gasteiger partial charge in [0.05, 0.1) is 12.9 Å². The molecule has 0 spiro atoms. The summed E-state index contributed by atoms with van der Waals surface area (Å²) >= 11 is 1.10. The highest BCUT2D eigenvalue weighted by Gasteiger charge is 2.09. The van der Waals surface area contributed by atoms with Crippen LogP contribution in [0.5, 0.6) is 0 Å². The Morgan fingerprint density at radius 1 is 1.53 bits per heavy atom. The number of hydrogen-bond donors (Lipinski definition) is 2. The maximum absolute atomic E-state index is 12.7. The first-order valence-electron chi connectivity index (χ1n) is 4.58. The molecular formula is C10H11FN2O3S. The molecule has 1 aromatic rings. The minimum absolute atomic E-state index is 0.00900. The summed E-state index contributed by atoms with van der Waals surface area (Å²) in [7, 11) is 1.16. The van der Waals surface area contributed by atoms with Crippen molar-refractivity contribution in [3.05, 3.63) is 24.0 Å². The van der Waals surface area contributed by atoms with Crippen LogP contribution in [0.4, 0.5) is 14.9 Å². The Morgan fingerprint density at radius 3 is 2.82 bits per heavy atom. The Kier molecular flexibility index (Phi) is 4.77. The molecule has 0 bridgehead atoms. The van der Waals surface area contributed by atoms with Crippen LogP contribution in [-0.2, 0) is 9.53 Å². The van der Waals surface area contributed by atoms with Crippen molar-refractivity contribution in [3.8, 4) is 0 Å². The van der Waals surface area contributed by atoms with Gasteiger partial charge >= 0.3 is 6.09 Å². The van der Waals surface area contributed by atoms with Crippen LogP contribution in [0.25, 0.3) is 0 Å². The Labute approximate surface area is 102 Å². The number of benzene rings is 1. The number of alkyl carbamates (subject to hydrolysis) is 1. The number of carbonyl (C=O) groups is 2. The average Bonchev–Trinajstić information content (AvgIpc) is 2.27. The van der Waals surface area contributed by atoms with Gasteiger partial charge in [-0.15, -0.1) is 11.8 Å². The number of methoxy groups -OCH3 is 1. The lowest BCUT2D eigenvalue weighted by Gasteiger charge is -2.05. The fourth-order valence-corrected chi connectivity index (χ4v) is 1.74. The lowest BCUT2D eigenvalue weighted by molar-refractivity contribution is -0.117. The number of nitrogens with two attached hydrogens (primary N) is 1. The topological polar surface area (TPSA) is 81.4 Å². The van der Waals surface area contributed by atoms with Gasteiger partial charge in [0.1, 0.15) is 5.82 Å². The summed E-state index contributed by atoms with van der Waals surface area (Å²) in [5, 5.41) is 1.99. The number of rotatable bonds is 3. The van der Waals surface area contributed by atoms with E-state index in [9.17, 15) is 14.0 Å². The van der Waals surface area contributed by atoms with Gasteiger partial charge in [0.2, 0.25) is 5.91 Å². The average molecular weight is 258 g/mol. The summed E-state index contributed by atoms with van der Waals surface area (Å²) in [5.41, 5.74) is 5.80. The molecule has 2 amide bonds. The first-order chi connectivity index (χ1) is 8.02. The normalized spacial score (nSPS) is 9.76. The van der Waals surface area contributed by atoms with Crippen LogP contribution < -0.4 is 11.1 Å². The van der Waals surface area contributed by atoms with Crippen LogP contribution in [0.1, 0.15) is 0 Å². The summed E-state index contributed by atoms with van der Waals surface area (Å²) < 4.78 is 17.0. The second-order valence-electron chi connectivity index (χ2n) is 3.01. The number of nitrogens with one attached hydrogen (secondary N) is 1. The predicted molar refractivity (Wildman–Crippen MR) is 62.1 cm³/mol. The van der Waals surface area contributed by atoms with E-state index in [0.717, 1.165) is 18.9 Å². The molecule has 0 atom stereocenters. The molecule has 92 valence electrons. The number of thioether (sulfide) groups is 1. The first kappa shape index (κ1) is 13.3. The molecule has 5 nitrogen and oxygen atoms in total. The fraction of sp³-hybridized carbons (Fsp3) is 0.200. The third-order valence-electron chi connectivity index (χ3n) is 1.76. The summed E-state index contributed by atoms with van der Waals surface area (Å²) in [4.78, 5) is 22.5. The highest BCUT2D eigenvalue weighted by Crippen LogP contribution is 2.25. The molecule has 0 aliphatic carbocycles. The van der Waals surface area contributed by atoms with E-state index in [0.29, 0.717) is 4.90 Å². The van der Waals surface area contributed by atoms with Crippen LogP contribution in [0.2, 0.25) is 0 Å². The second-order valence-corrected chi connectivity index (χ2v) is 4.03. The monoisotopic (exact) mass is 258 g/mol. The molecule has 7 heteroatoms. The van der Waals surface area contributed by atoms with Gasteiger partial charge in [-0.1, -0.05) is 0 Å². The number of carbonyl (C=O) groups excluding carboxylic acids is 2. The van der Waals surface area contributed by atoms with Gasteiger partial charge in [-0.3, -0.25) is 10.1 Å². The fourth-order valence-electron chi connectivity index (χ4n) is 0.995. The van der Waals surface area contributed by atoms with Crippen molar-refractivity contribution in [1.29, 1.82) is 0 Å². The van der Waals surface area contributed by atoms with E-state index in [-0.39, 0.29) is 11.4 Å². The zero-order chi connectivity index (χ0) is 12.8. The Morgan fingerprint density at radius 2 is 2.24 bits per heavy atom. The summed E-state index contributed by atoms with van der Waals surface area (Å²) in [6.45, 7) is 0. The molecule has 1 aromatic carbocycles. The van der Waals surface area contributed by atoms with Crippen LogP contribution in [-0.4, -0.2) is 24.9 Å². The first-order valence-corrected chi connectivity index (χ1v) is 5.57. The Hall–Kier alpha value is -1.76. The van der Waals surface area contributed by atoms with Gasteiger partial charge in [-0.2, -0.15) is 0 Å². The number of nitrogen functional groups attached to an aromatic ring is 1. The van der Waals surface area contributed by atoms with Crippen molar-refractivity contribution in [3.63, 3.8) is 0 Å². The molecule has 17 heavy (non-hydrogen) atoms. The van der Waals surface area contributed by atoms with Gasteiger partial charge in [-0.05, 0) is 18.2 Å². The standard InChI is InChI=1S/C10H11FN2O3S/c1-16-10(15)13-9(14)5-17-8-3-2-6(11)4-7(8)12/h2-4H,5,12H2,1H3,(H,13,14,15). The van der Waals surface area contributed by atoms with E-state index in [1.165, 1.54) is 18.2 Å².